The Morgan fingerprint density at radius 3 is 2.15 bits per heavy atom. The van der Waals surface area contributed by atoms with Crippen molar-refractivity contribution in [2.75, 3.05) is 13.7 Å². The third-order valence-corrected chi connectivity index (χ3v) is 8.97. The highest BCUT2D eigenvalue weighted by atomic mass is 16.5. The summed E-state index contributed by atoms with van der Waals surface area (Å²) in [5.41, 5.74) is 4.89. The first-order valence-electron chi connectivity index (χ1n) is 16.2. The molecule has 1 saturated carbocycles. The average Bonchev–Trinajstić information content (AvgIpc) is 3.69. The molecule has 1 aliphatic heterocycles. The number of primary amides is 1. The van der Waals surface area contributed by atoms with Crippen molar-refractivity contribution in [3.8, 4) is 5.75 Å². The van der Waals surface area contributed by atoms with E-state index in [1.165, 1.54) is 12.0 Å². The van der Waals surface area contributed by atoms with Gasteiger partial charge < -0.3 is 31.3 Å². The van der Waals surface area contributed by atoms with Gasteiger partial charge in [0.05, 0.1) is 19.2 Å². The summed E-state index contributed by atoms with van der Waals surface area (Å²) in [6, 6.07) is 2.07. The lowest BCUT2D eigenvalue weighted by atomic mass is 9.84. The molecule has 1 heterocycles. The van der Waals surface area contributed by atoms with Crippen molar-refractivity contribution in [1.82, 2.24) is 20.9 Å². The van der Waals surface area contributed by atoms with Crippen molar-refractivity contribution in [3.05, 3.63) is 29.8 Å². The van der Waals surface area contributed by atoms with E-state index < -0.39 is 59.1 Å². The van der Waals surface area contributed by atoms with Crippen LogP contribution in [0.3, 0.4) is 0 Å². The van der Waals surface area contributed by atoms with Crippen LogP contribution in [0.2, 0.25) is 0 Å². The van der Waals surface area contributed by atoms with Gasteiger partial charge in [-0.25, -0.2) is 4.79 Å². The van der Waals surface area contributed by atoms with Crippen molar-refractivity contribution in [1.29, 1.82) is 0 Å². The molecule has 12 heteroatoms. The third kappa shape index (κ3) is 9.07. The molecule has 46 heavy (non-hydrogen) atoms. The Labute approximate surface area is 271 Å². The minimum atomic E-state index is -1.11. The number of nitrogens with one attached hydrogen (secondary N) is 3. The number of likely N-dealkylation sites (tertiary alicyclic amines) is 1. The van der Waals surface area contributed by atoms with Crippen LogP contribution in [0.15, 0.2) is 24.3 Å². The van der Waals surface area contributed by atoms with Crippen LogP contribution in [0.25, 0.3) is 0 Å². The van der Waals surface area contributed by atoms with Crippen LogP contribution in [0.5, 0.6) is 5.75 Å². The van der Waals surface area contributed by atoms with Crippen molar-refractivity contribution >= 4 is 35.3 Å². The Hall–Kier alpha value is -3.96. The van der Waals surface area contributed by atoms with E-state index in [4.69, 9.17) is 10.5 Å². The molecular weight excluding hydrogens is 590 g/mol. The van der Waals surface area contributed by atoms with Gasteiger partial charge in [-0.2, -0.15) is 0 Å². The van der Waals surface area contributed by atoms with E-state index in [0.717, 1.165) is 12.8 Å². The Morgan fingerprint density at radius 2 is 1.63 bits per heavy atom. The standard InChI is InChI=1S/C34H51N5O7/c1-18(2)23-14-15-39(26(23)31(43)36-24(16-20-12-13-20)28(41)30(35)42)32(44)29(34(5,6)7)38-33(45)37-25(19(3)4)27(40)21-10-9-11-22(17-21)46-8/h9-11,17-20,23-26,29H,12-16H2,1-8H3,(H2,35,42)(H,36,43)(H2,37,38,45)/t23-,24?,25+,26+,29-/m1/s1. The number of methoxy groups -OCH3 is 1. The second-order valence-electron chi connectivity index (χ2n) is 14.4. The summed E-state index contributed by atoms with van der Waals surface area (Å²) in [7, 11) is 1.50. The molecule has 2 fully saturated rings. The van der Waals surface area contributed by atoms with E-state index in [1.54, 1.807) is 45.0 Å². The number of ketones is 2. The number of hydrogen-bond donors (Lipinski definition) is 4. The summed E-state index contributed by atoms with van der Waals surface area (Å²) >= 11 is 0. The maximum absolute atomic E-state index is 14.3. The minimum absolute atomic E-state index is 0.0287. The highest BCUT2D eigenvalue weighted by molar-refractivity contribution is 6.37. The smallest absolute Gasteiger partial charge is 0.316 e. The van der Waals surface area contributed by atoms with Crippen LogP contribution in [-0.4, -0.2) is 78.0 Å². The molecule has 3 rings (SSSR count). The molecule has 5 atom stereocenters. The molecule has 5 amide bonds. The number of Topliss-reactive ketones (excluding diaryl/α,β-unsaturated/α-hetero) is 2. The Morgan fingerprint density at radius 1 is 0.978 bits per heavy atom. The molecule has 1 unspecified atom stereocenters. The van der Waals surface area contributed by atoms with E-state index in [-0.39, 0.29) is 36.0 Å². The number of rotatable bonds is 14. The number of carbonyl (C=O) groups excluding carboxylic acids is 6. The highest BCUT2D eigenvalue weighted by Gasteiger charge is 2.48. The summed E-state index contributed by atoms with van der Waals surface area (Å²) in [4.78, 5) is 80.8. The van der Waals surface area contributed by atoms with Gasteiger partial charge in [-0.3, -0.25) is 24.0 Å². The highest BCUT2D eigenvalue weighted by Crippen LogP contribution is 2.35. The van der Waals surface area contributed by atoms with Crippen molar-refractivity contribution in [2.45, 2.75) is 98.3 Å². The maximum atomic E-state index is 14.3. The molecule has 0 spiro atoms. The maximum Gasteiger partial charge on any atom is 0.316 e. The molecule has 1 saturated heterocycles. The van der Waals surface area contributed by atoms with Gasteiger partial charge in [-0.05, 0) is 54.1 Å². The number of urea groups is 1. The Balaban J connectivity index is 1.83. The van der Waals surface area contributed by atoms with Gasteiger partial charge in [-0.15, -0.1) is 0 Å². The molecule has 2 aliphatic rings. The summed E-state index contributed by atoms with van der Waals surface area (Å²) in [5.74, 6) is -2.95. The third-order valence-electron chi connectivity index (χ3n) is 8.97. The predicted molar refractivity (Wildman–Crippen MR) is 173 cm³/mol. The first-order chi connectivity index (χ1) is 21.5. The van der Waals surface area contributed by atoms with Crippen LogP contribution in [0.1, 0.15) is 84.5 Å². The number of nitrogens with two attached hydrogens (primary N) is 1. The fourth-order valence-electron chi connectivity index (χ4n) is 6.06. The van der Waals surface area contributed by atoms with Gasteiger partial charge in [-0.1, -0.05) is 73.4 Å². The number of carbonyl (C=O) groups is 6. The zero-order valence-electron chi connectivity index (χ0n) is 28.3. The second kappa shape index (κ2) is 15.1. The SMILES string of the molecule is COc1cccc(C(=O)[C@@H](NC(=O)N[C@H](C(=O)N2CC[C@H](C(C)C)[C@H]2C(=O)NC(CC2CC2)C(=O)C(N)=O)C(C)(C)C)C(C)C)c1. The van der Waals surface area contributed by atoms with E-state index in [9.17, 15) is 28.8 Å². The van der Waals surface area contributed by atoms with Gasteiger partial charge in [0.25, 0.3) is 5.91 Å². The first-order valence-corrected chi connectivity index (χ1v) is 16.2. The monoisotopic (exact) mass is 641 g/mol. The lowest BCUT2D eigenvalue weighted by molar-refractivity contribution is -0.144. The zero-order chi connectivity index (χ0) is 34.5. The molecular formula is C34H51N5O7. The van der Waals surface area contributed by atoms with E-state index in [2.05, 4.69) is 16.0 Å². The van der Waals surface area contributed by atoms with Crippen molar-refractivity contribution in [3.63, 3.8) is 0 Å². The van der Waals surface area contributed by atoms with Crippen LogP contribution in [0.4, 0.5) is 4.79 Å². The topological polar surface area (TPSA) is 177 Å². The molecule has 1 aromatic rings. The fourth-order valence-corrected chi connectivity index (χ4v) is 6.06. The first kappa shape index (κ1) is 36.5. The summed E-state index contributed by atoms with van der Waals surface area (Å²) in [6.07, 6.45) is 2.68. The average molecular weight is 642 g/mol. The minimum Gasteiger partial charge on any atom is -0.497 e. The molecule has 0 bridgehead atoms. The Bertz CT molecular complexity index is 1320. The van der Waals surface area contributed by atoms with Crippen LogP contribution in [-0.2, 0) is 19.2 Å². The van der Waals surface area contributed by atoms with Gasteiger partial charge in [0, 0.05) is 12.1 Å². The quantitative estimate of drug-likeness (QED) is 0.178. The normalized spacial score (nSPS) is 20.1. The van der Waals surface area contributed by atoms with Crippen LogP contribution >= 0.6 is 0 Å². The lowest BCUT2D eigenvalue weighted by Crippen LogP contribution is -2.62. The second-order valence-corrected chi connectivity index (χ2v) is 14.4. The molecule has 0 radical (unpaired) electrons. The van der Waals surface area contributed by atoms with Gasteiger partial charge in [0.1, 0.15) is 17.8 Å². The van der Waals surface area contributed by atoms with Crippen LogP contribution in [0, 0.1) is 29.1 Å². The molecule has 12 nitrogen and oxygen atoms in total. The fraction of sp³-hybridized carbons (Fsp3) is 0.647. The van der Waals surface area contributed by atoms with Gasteiger partial charge in [0.15, 0.2) is 5.78 Å². The van der Waals surface area contributed by atoms with Gasteiger partial charge >= 0.3 is 6.03 Å². The number of hydrogen-bond acceptors (Lipinski definition) is 7. The summed E-state index contributed by atoms with van der Waals surface area (Å²) < 4.78 is 5.24. The molecule has 1 aromatic carbocycles. The number of ether oxygens (including phenoxy) is 1. The van der Waals surface area contributed by atoms with E-state index in [0.29, 0.717) is 24.2 Å². The summed E-state index contributed by atoms with van der Waals surface area (Å²) in [5, 5.41) is 8.30. The molecule has 254 valence electrons. The largest absolute Gasteiger partial charge is 0.497 e. The summed E-state index contributed by atoms with van der Waals surface area (Å²) in [6.45, 7) is 13.2. The molecule has 5 N–H and O–H groups in total. The van der Waals surface area contributed by atoms with E-state index >= 15 is 0 Å². The van der Waals surface area contributed by atoms with E-state index in [1.807, 2.05) is 27.7 Å². The molecule has 1 aliphatic carbocycles. The Kier molecular flexibility index (Phi) is 12.0. The number of benzene rings is 1. The molecule has 0 aromatic heterocycles. The number of amides is 5. The van der Waals surface area contributed by atoms with Gasteiger partial charge in [0.2, 0.25) is 17.6 Å². The lowest BCUT2D eigenvalue weighted by Gasteiger charge is -2.37. The zero-order valence-corrected chi connectivity index (χ0v) is 28.3. The van der Waals surface area contributed by atoms with Crippen molar-refractivity contribution < 1.29 is 33.5 Å². The van der Waals surface area contributed by atoms with Crippen molar-refractivity contribution in [2.24, 2.45) is 34.8 Å². The van der Waals surface area contributed by atoms with Crippen LogP contribution < -0.4 is 26.4 Å². The number of nitrogens with zero attached hydrogens (tertiary/aromatic N) is 1. The predicted octanol–water partition coefficient (Wildman–Crippen LogP) is 2.83.